The lowest BCUT2D eigenvalue weighted by atomic mass is 10.1. The van der Waals surface area contributed by atoms with Gasteiger partial charge in [0, 0.05) is 31.3 Å². The Morgan fingerprint density at radius 1 is 1.07 bits per heavy atom. The maximum atomic E-state index is 13.0. The highest BCUT2D eigenvalue weighted by Crippen LogP contribution is 2.34. The van der Waals surface area contributed by atoms with Crippen LogP contribution in [0.25, 0.3) is 0 Å². The third-order valence-electron chi connectivity index (χ3n) is 4.93. The van der Waals surface area contributed by atoms with Crippen molar-refractivity contribution in [3.8, 4) is 11.5 Å². The third kappa shape index (κ3) is 4.68. The molecule has 9 heteroatoms. The van der Waals surface area contributed by atoms with Crippen LogP contribution in [0.5, 0.6) is 11.5 Å². The first kappa shape index (κ1) is 21.1. The molecular weight excluding hydrogens is 390 g/mol. The first-order valence-corrected chi connectivity index (χ1v) is 9.51. The molecule has 0 atom stereocenters. The Morgan fingerprint density at radius 2 is 1.67 bits per heavy atom. The molecule has 158 valence electrons. The van der Waals surface area contributed by atoms with Gasteiger partial charge in [-0.1, -0.05) is 12.1 Å². The summed E-state index contributed by atoms with van der Waals surface area (Å²) in [5, 5.41) is 13.5. The predicted molar refractivity (Wildman–Crippen MR) is 110 cm³/mol. The van der Waals surface area contributed by atoms with Gasteiger partial charge in [-0.25, -0.2) is 0 Å². The second-order valence-electron chi connectivity index (χ2n) is 6.90. The van der Waals surface area contributed by atoms with Crippen LogP contribution in [0, 0.1) is 10.1 Å². The molecule has 2 amide bonds. The zero-order chi connectivity index (χ0) is 21.7. The Morgan fingerprint density at radius 3 is 2.23 bits per heavy atom. The van der Waals surface area contributed by atoms with Gasteiger partial charge in [0.05, 0.1) is 36.8 Å². The number of methoxy groups -OCH3 is 2. The molecule has 0 radical (unpaired) electrons. The van der Waals surface area contributed by atoms with Gasteiger partial charge in [-0.3, -0.25) is 19.7 Å². The van der Waals surface area contributed by atoms with E-state index in [1.165, 1.54) is 38.5 Å². The van der Waals surface area contributed by atoms with E-state index in [9.17, 15) is 19.7 Å². The molecule has 1 aliphatic heterocycles. The molecule has 2 aromatic carbocycles. The first-order chi connectivity index (χ1) is 14.4. The van der Waals surface area contributed by atoms with Gasteiger partial charge in [0.15, 0.2) is 11.5 Å². The van der Waals surface area contributed by atoms with Crippen LogP contribution in [0.15, 0.2) is 36.4 Å². The lowest BCUT2D eigenvalue weighted by molar-refractivity contribution is -0.384. The number of anilines is 1. The predicted octanol–water partition coefficient (Wildman–Crippen LogP) is 3.03. The Balaban J connectivity index is 1.84. The average Bonchev–Trinajstić information content (AvgIpc) is 3.28. The number of hydrogen-bond acceptors (Lipinski definition) is 6. The van der Waals surface area contributed by atoms with Crippen molar-refractivity contribution >= 4 is 23.2 Å². The van der Waals surface area contributed by atoms with Crippen LogP contribution in [0.3, 0.4) is 0 Å². The topological polar surface area (TPSA) is 111 Å². The molecular formula is C21H23N3O6. The van der Waals surface area contributed by atoms with E-state index in [4.69, 9.17) is 9.47 Å². The second-order valence-corrected chi connectivity index (χ2v) is 6.90. The van der Waals surface area contributed by atoms with Crippen LogP contribution >= 0.6 is 0 Å². The molecule has 0 aromatic heterocycles. The standard InChI is InChI=1S/C21H23N3O6/c1-29-18-12-16(21(26)23-9-3-4-10-23)17(13-19(18)30-2)22-20(25)11-14-5-7-15(8-6-14)24(27)28/h5-8,12-13H,3-4,9-11H2,1-2H3,(H,22,25). The molecule has 1 N–H and O–H groups in total. The number of non-ortho nitro benzene ring substituents is 1. The summed E-state index contributed by atoms with van der Waals surface area (Å²) in [7, 11) is 2.96. The van der Waals surface area contributed by atoms with Crippen LogP contribution in [0.2, 0.25) is 0 Å². The molecule has 3 rings (SSSR count). The molecule has 1 saturated heterocycles. The summed E-state index contributed by atoms with van der Waals surface area (Å²) in [4.78, 5) is 37.6. The normalized spacial score (nSPS) is 13.1. The molecule has 0 aliphatic carbocycles. The van der Waals surface area contributed by atoms with Crippen molar-refractivity contribution < 1.29 is 24.0 Å². The summed E-state index contributed by atoms with van der Waals surface area (Å²) in [6.45, 7) is 1.34. The Hall–Kier alpha value is -3.62. The van der Waals surface area contributed by atoms with Gasteiger partial charge in [0.25, 0.3) is 11.6 Å². The molecule has 1 heterocycles. The van der Waals surface area contributed by atoms with E-state index >= 15 is 0 Å². The highest BCUT2D eigenvalue weighted by atomic mass is 16.6. The molecule has 0 bridgehead atoms. The van der Waals surface area contributed by atoms with Crippen molar-refractivity contribution in [1.82, 2.24) is 4.90 Å². The maximum Gasteiger partial charge on any atom is 0.269 e. The number of nitro groups is 1. The number of nitro benzene ring substituents is 1. The number of hydrogen-bond donors (Lipinski definition) is 1. The fraction of sp³-hybridized carbons (Fsp3) is 0.333. The first-order valence-electron chi connectivity index (χ1n) is 9.51. The number of carbonyl (C=O) groups excluding carboxylic acids is 2. The van der Waals surface area contributed by atoms with E-state index in [2.05, 4.69) is 5.32 Å². The Kier molecular flexibility index (Phi) is 6.51. The molecule has 0 spiro atoms. The summed E-state index contributed by atoms with van der Waals surface area (Å²) >= 11 is 0. The summed E-state index contributed by atoms with van der Waals surface area (Å²) in [6.07, 6.45) is 1.89. The zero-order valence-electron chi connectivity index (χ0n) is 16.8. The smallest absolute Gasteiger partial charge is 0.269 e. The fourth-order valence-corrected chi connectivity index (χ4v) is 3.37. The van der Waals surface area contributed by atoms with Crippen molar-refractivity contribution in [2.24, 2.45) is 0 Å². The van der Waals surface area contributed by atoms with E-state index in [0.717, 1.165) is 12.8 Å². The molecule has 0 saturated carbocycles. The average molecular weight is 413 g/mol. The van der Waals surface area contributed by atoms with Crippen LogP contribution < -0.4 is 14.8 Å². The quantitative estimate of drug-likeness (QED) is 0.552. The molecule has 1 fully saturated rings. The van der Waals surface area contributed by atoms with Gasteiger partial charge < -0.3 is 19.7 Å². The van der Waals surface area contributed by atoms with Gasteiger partial charge >= 0.3 is 0 Å². The molecule has 9 nitrogen and oxygen atoms in total. The number of rotatable bonds is 7. The lowest BCUT2D eigenvalue weighted by Gasteiger charge is -2.20. The third-order valence-corrected chi connectivity index (χ3v) is 4.93. The highest BCUT2D eigenvalue weighted by molar-refractivity contribution is 6.05. The van der Waals surface area contributed by atoms with Crippen LogP contribution in [0.1, 0.15) is 28.8 Å². The van der Waals surface area contributed by atoms with E-state index in [-0.39, 0.29) is 23.9 Å². The zero-order valence-corrected chi connectivity index (χ0v) is 16.8. The molecule has 30 heavy (non-hydrogen) atoms. The second kappa shape index (κ2) is 9.25. The van der Waals surface area contributed by atoms with Crippen molar-refractivity contribution in [2.45, 2.75) is 19.3 Å². The Labute approximate surface area is 173 Å². The van der Waals surface area contributed by atoms with E-state index in [0.29, 0.717) is 41.4 Å². The number of likely N-dealkylation sites (tertiary alicyclic amines) is 1. The summed E-state index contributed by atoms with van der Waals surface area (Å²) in [6, 6.07) is 8.89. The number of benzene rings is 2. The van der Waals surface area contributed by atoms with Gasteiger partial charge in [-0.2, -0.15) is 0 Å². The lowest BCUT2D eigenvalue weighted by Crippen LogP contribution is -2.29. The van der Waals surface area contributed by atoms with Crippen molar-refractivity contribution in [3.63, 3.8) is 0 Å². The SMILES string of the molecule is COc1cc(NC(=O)Cc2ccc([N+](=O)[O-])cc2)c(C(=O)N2CCCC2)cc1OC. The number of nitrogens with zero attached hydrogens (tertiary/aromatic N) is 2. The summed E-state index contributed by atoms with van der Waals surface area (Å²) in [5.41, 5.74) is 1.23. The van der Waals surface area contributed by atoms with Crippen LogP contribution in [0.4, 0.5) is 11.4 Å². The van der Waals surface area contributed by atoms with E-state index in [1.54, 1.807) is 17.0 Å². The minimum Gasteiger partial charge on any atom is -0.493 e. The minimum atomic E-state index is -0.496. The number of amides is 2. The van der Waals surface area contributed by atoms with Gasteiger partial charge in [0.2, 0.25) is 5.91 Å². The van der Waals surface area contributed by atoms with Crippen molar-refractivity contribution in [2.75, 3.05) is 32.6 Å². The minimum absolute atomic E-state index is 0.00365. The van der Waals surface area contributed by atoms with E-state index < -0.39 is 4.92 Å². The maximum absolute atomic E-state index is 13.0. The van der Waals surface area contributed by atoms with Gasteiger partial charge in [0.1, 0.15) is 0 Å². The number of nitrogens with one attached hydrogen (secondary N) is 1. The number of carbonyl (C=O) groups is 2. The van der Waals surface area contributed by atoms with Crippen molar-refractivity contribution in [1.29, 1.82) is 0 Å². The van der Waals surface area contributed by atoms with Crippen molar-refractivity contribution in [3.05, 3.63) is 57.6 Å². The molecule has 1 aliphatic rings. The molecule has 2 aromatic rings. The fourth-order valence-electron chi connectivity index (χ4n) is 3.37. The van der Waals surface area contributed by atoms with Crippen LogP contribution in [-0.4, -0.2) is 48.9 Å². The van der Waals surface area contributed by atoms with E-state index in [1.807, 2.05) is 0 Å². The summed E-state index contributed by atoms with van der Waals surface area (Å²) < 4.78 is 10.6. The monoisotopic (exact) mass is 413 g/mol. The summed E-state index contributed by atoms with van der Waals surface area (Å²) in [5.74, 6) is 0.250. The largest absolute Gasteiger partial charge is 0.493 e. The highest BCUT2D eigenvalue weighted by Gasteiger charge is 2.25. The van der Waals surface area contributed by atoms with Gasteiger partial charge in [-0.15, -0.1) is 0 Å². The molecule has 0 unspecified atom stereocenters. The Bertz CT molecular complexity index is 952. The number of ether oxygens (including phenoxy) is 2. The van der Waals surface area contributed by atoms with Gasteiger partial charge in [-0.05, 0) is 24.5 Å². The van der Waals surface area contributed by atoms with Crippen LogP contribution in [-0.2, 0) is 11.2 Å².